The molecular weight excluding hydrogens is 284 g/mol. The highest BCUT2D eigenvalue weighted by molar-refractivity contribution is 7.91. The summed E-state index contributed by atoms with van der Waals surface area (Å²) in [5.74, 6) is 0.592. The Morgan fingerprint density at radius 1 is 1.26 bits per heavy atom. The number of hydrogen-bond acceptors (Lipinski definition) is 4. The van der Waals surface area contributed by atoms with E-state index in [2.05, 4.69) is 10.6 Å². The molecule has 6 heteroatoms. The average molecular weight is 303 g/mol. The third-order valence-electron chi connectivity index (χ3n) is 3.24. The first-order chi connectivity index (χ1) is 9.07. The molecule has 2 rings (SSSR count). The monoisotopic (exact) mass is 302 g/mol. The minimum atomic E-state index is -2.79. The predicted octanol–water partition coefficient (Wildman–Crippen LogP) is 1.21. The Bertz CT molecular complexity index is 519. The molecule has 1 aliphatic rings. The summed E-state index contributed by atoms with van der Waals surface area (Å²) >= 11 is 6.05. The molecule has 1 aromatic rings. The fourth-order valence-electron chi connectivity index (χ4n) is 2.19. The molecule has 0 aliphatic carbocycles. The summed E-state index contributed by atoms with van der Waals surface area (Å²) in [6.45, 7) is 2.29. The first-order valence-corrected chi connectivity index (χ1v) is 8.65. The van der Waals surface area contributed by atoms with Crippen molar-refractivity contribution in [3.63, 3.8) is 0 Å². The highest BCUT2D eigenvalue weighted by Gasteiger charge is 2.26. The molecule has 0 radical (unpaired) electrons. The van der Waals surface area contributed by atoms with E-state index in [1.807, 2.05) is 24.3 Å². The third kappa shape index (κ3) is 4.76. The second kappa shape index (κ2) is 6.70. The van der Waals surface area contributed by atoms with Crippen molar-refractivity contribution < 1.29 is 8.42 Å². The molecule has 4 nitrogen and oxygen atoms in total. The van der Waals surface area contributed by atoms with Crippen LogP contribution in [0.5, 0.6) is 0 Å². The molecule has 1 fully saturated rings. The second-order valence-electron chi connectivity index (χ2n) is 4.82. The molecule has 19 heavy (non-hydrogen) atoms. The largest absolute Gasteiger partial charge is 0.312 e. The molecule has 0 unspecified atom stereocenters. The summed E-state index contributed by atoms with van der Waals surface area (Å²) in [7, 11) is -2.79. The molecule has 1 atom stereocenters. The van der Waals surface area contributed by atoms with Crippen LogP contribution < -0.4 is 10.6 Å². The Kier molecular flexibility index (Phi) is 5.21. The number of benzene rings is 1. The number of nitrogens with one attached hydrogen (secondary N) is 2. The van der Waals surface area contributed by atoms with Crippen molar-refractivity contribution in [2.24, 2.45) is 0 Å². The maximum absolute atomic E-state index is 11.3. The third-order valence-corrected chi connectivity index (χ3v) is 5.38. The second-order valence-corrected chi connectivity index (χ2v) is 7.46. The van der Waals surface area contributed by atoms with E-state index in [-0.39, 0.29) is 11.8 Å². The Balaban J connectivity index is 1.62. The molecule has 1 saturated heterocycles. The Morgan fingerprint density at radius 3 is 2.74 bits per heavy atom. The van der Waals surface area contributed by atoms with E-state index < -0.39 is 9.84 Å². The van der Waals surface area contributed by atoms with Gasteiger partial charge in [-0.15, -0.1) is 0 Å². The van der Waals surface area contributed by atoms with Crippen LogP contribution in [0.3, 0.4) is 0 Å². The molecule has 0 aromatic heterocycles. The van der Waals surface area contributed by atoms with Gasteiger partial charge in [0, 0.05) is 30.7 Å². The molecular formula is C13H19ClN2O2S. The lowest BCUT2D eigenvalue weighted by molar-refractivity contribution is 0.533. The van der Waals surface area contributed by atoms with Crippen LogP contribution in [0.25, 0.3) is 0 Å². The highest BCUT2D eigenvalue weighted by Crippen LogP contribution is 2.14. The summed E-state index contributed by atoms with van der Waals surface area (Å²) in [6, 6.07) is 7.86. The van der Waals surface area contributed by atoms with E-state index in [1.54, 1.807) is 0 Å². The van der Waals surface area contributed by atoms with E-state index in [0.29, 0.717) is 5.75 Å². The van der Waals surface area contributed by atoms with Gasteiger partial charge in [-0.3, -0.25) is 0 Å². The van der Waals surface area contributed by atoms with E-state index in [4.69, 9.17) is 11.6 Å². The zero-order valence-corrected chi connectivity index (χ0v) is 12.3. The zero-order chi connectivity index (χ0) is 13.7. The fraction of sp³-hybridized carbons (Fsp3) is 0.538. The van der Waals surface area contributed by atoms with E-state index in [1.165, 1.54) is 0 Å². The van der Waals surface area contributed by atoms with Gasteiger partial charge in [0.25, 0.3) is 0 Å². The molecule has 1 heterocycles. The summed E-state index contributed by atoms with van der Waals surface area (Å²) in [5.41, 5.74) is 1.08. The van der Waals surface area contributed by atoms with Crippen LogP contribution in [0.15, 0.2) is 24.3 Å². The van der Waals surface area contributed by atoms with Gasteiger partial charge in [-0.2, -0.15) is 0 Å². The lowest BCUT2D eigenvalue weighted by Crippen LogP contribution is -2.35. The van der Waals surface area contributed by atoms with Crippen molar-refractivity contribution in [2.45, 2.75) is 19.0 Å². The number of halogens is 1. The van der Waals surface area contributed by atoms with Crippen molar-refractivity contribution in [1.29, 1.82) is 0 Å². The van der Waals surface area contributed by atoms with Gasteiger partial charge in [0.05, 0.1) is 11.5 Å². The molecule has 0 bridgehead atoms. The summed E-state index contributed by atoms with van der Waals surface area (Å²) in [4.78, 5) is 0. The maximum atomic E-state index is 11.3. The van der Waals surface area contributed by atoms with E-state index in [9.17, 15) is 8.42 Å². The summed E-state index contributed by atoms with van der Waals surface area (Å²) in [5, 5.41) is 7.32. The van der Waals surface area contributed by atoms with Crippen LogP contribution in [0, 0.1) is 0 Å². The Morgan fingerprint density at radius 2 is 2.05 bits per heavy atom. The van der Waals surface area contributed by atoms with Gasteiger partial charge in [0.1, 0.15) is 0 Å². The molecule has 106 valence electrons. The van der Waals surface area contributed by atoms with Crippen LogP contribution in [0.1, 0.15) is 12.0 Å². The maximum Gasteiger partial charge on any atom is 0.151 e. The van der Waals surface area contributed by atoms with Gasteiger partial charge < -0.3 is 10.6 Å². The minimum Gasteiger partial charge on any atom is -0.312 e. The van der Waals surface area contributed by atoms with Gasteiger partial charge in [0.15, 0.2) is 9.84 Å². The van der Waals surface area contributed by atoms with Crippen LogP contribution in [0.2, 0.25) is 5.02 Å². The van der Waals surface area contributed by atoms with Gasteiger partial charge in [-0.1, -0.05) is 29.8 Å². The molecule has 1 aromatic carbocycles. The first-order valence-electron chi connectivity index (χ1n) is 6.45. The predicted molar refractivity (Wildman–Crippen MR) is 78.2 cm³/mol. The van der Waals surface area contributed by atoms with Crippen molar-refractivity contribution in [1.82, 2.24) is 10.6 Å². The van der Waals surface area contributed by atoms with Crippen molar-refractivity contribution in [3.8, 4) is 0 Å². The molecule has 0 amide bonds. The van der Waals surface area contributed by atoms with Gasteiger partial charge in [-0.25, -0.2) is 8.42 Å². The lowest BCUT2D eigenvalue weighted by Gasteiger charge is -2.11. The standard InChI is InChI=1S/C13H19ClN2O2S/c14-13-4-2-1-3-11(13)9-15-6-7-16-12-5-8-19(17,18)10-12/h1-4,12,15-16H,5-10H2/t12-/m0/s1. The molecule has 2 N–H and O–H groups in total. The first kappa shape index (κ1) is 14.8. The Labute approximate surface area is 119 Å². The SMILES string of the molecule is O=S1(=O)CC[C@H](NCCNCc2ccccc2Cl)C1. The summed E-state index contributed by atoms with van der Waals surface area (Å²) < 4.78 is 22.6. The van der Waals surface area contributed by atoms with Gasteiger partial charge >= 0.3 is 0 Å². The van der Waals surface area contributed by atoms with E-state index >= 15 is 0 Å². The number of rotatable bonds is 6. The topological polar surface area (TPSA) is 58.2 Å². The summed E-state index contributed by atoms with van der Waals surface area (Å²) in [6.07, 6.45) is 0.729. The number of hydrogen-bond donors (Lipinski definition) is 2. The quantitative estimate of drug-likeness (QED) is 0.776. The van der Waals surface area contributed by atoms with Crippen LogP contribution in [0.4, 0.5) is 0 Å². The molecule has 1 aliphatic heterocycles. The van der Waals surface area contributed by atoms with Crippen LogP contribution in [-0.4, -0.2) is 39.1 Å². The lowest BCUT2D eigenvalue weighted by atomic mass is 10.2. The van der Waals surface area contributed by atoms with Crippen molar-refractivity contribution in [3.05, 3.63) is 34.9 Å². The highest BCUT2D eigenvalue weighted by atomic mass is 35.5. The smallest absolute Gasteiger partial charge is 0.151 e. The Hall–Kier alpha value is -0.620. The average Bonchev–Trinajstić information content (AvgIpc) is 2.71. The normalized spacial score (nSPS) is 21.6. The molecule has 0 spiro atoms. The van der Waals surface area contributed by atoms with Gasteiger partial charge in [-0.05, 0) is 18.1 Å². The number of sulfone groups is 1. The van der Waals surface area contributed by atoms with Crippen molar-refractivity contribution >= 4 is 21.4 Å². The van der Waals surface area contributed by atoms with Gasteiger partial charge in [0.2, 0.25) is 0 Å². The van der Waals surface area contributed by atoms with E-state index in [0.717, 1.165) is 36.6 Å². The fourth-order valence-corrected chi connectivity index (χ4v) is 4.10. The van der Waals surface area contributed by atoms with Crippen molar-refractivity contribution in [2.75, 3.05) is 24.6 Å². The van der Waals surface area contributed by atoms with Crippen LogP contribution in [-0.2, 0) is 16.4 Å². The zero-order valence-electron chi connectivity index (χ0n) is 10.7. The minimum absolute atomic E-state index is 0.118. The van der Waals surface area contributed by atoms with Crippen LogP contribution >= 0.6 is 11.6 Å². The molecule has 0 saturated carbocycles.